The molecule has 2 aromatic heterocycles. The van der Waals surface area contributed by atoms with Gasteiger partial charge in [-0.15, -0.1) is 0 Å². The number of amides is 1. The number of carbonyl (C=O) groups excluding carboxylic acids is 2. The smallest absolute Gasteiger partial charge is 0.408 e. The van der Waals surface area contributed by atoms with Gasteiger partial charge in [0.15, 0.2) is 5.82 Å². The number of hydrogen-bond donors (Lipinski definition) is 1. The lowest BCUT2D eigenvalue weighted by Crippen LogP contribution is -2.62. The normalized spacial score (nSPS) is 23.9. The Hall–Kier alpha value is -3.27. The lowest BCUT2D eigenvalue weighted by molar-refractivity contribution is -0.138. The van der Waals surface area contributed by atoms with Gasteiger partial charge in [0.05, 0.1) is 54.3 Å². The standard InChI is InChI=1S/C26H32FN3O6/c1-6-34-22(31)16(20-17(27)14-28-18-7-8-19(33-5)29-21(18)20)13-26-11-9-25(10-12-26,15-35-26)30-23(32)36-24(2,3)4/h7-8,13-14H,6,9-12,15H2,1-5H3,(H,30,32). The second-order valence-electron chi connectivity index (χ2n) is 10.2. The van der Waals surface area contributed by atoms with Gasteiger partial charge in [0.25, 0.3) is 0 Å². The Morgan fingerprint density at radius 2 is 1.94 bits per heavy atom. The molecule has 0 radical (unpaired) electrons. The number of alkyl carbamates (subject to hydrolysis) is 1. The third kappa shape index (κ3) is 5.28. The minimum Gasteiger partial charge on any atom is -0.481 e. The molecule has 0 spiro atoms. The fourth-order valence-electron chi connectivity index (χ4n) is 4.69. The molecule has 5 rings (SSSR count). The number of esters is 1. The predicted octanol–water partition coefficient (Wildman–Crippen LogP) is 4.33. The first-order chi connectivity index (χ1) is 17.0. The number of carbonyl (C=O) groups is 2. The molecule has 1 amide bonds. The molecule has 0 aromatic carbocycles. The molecule has 3 aliphatic rings. The van der Waals surface area contributed by atoms with E-state index in [-0.39, 0.29) is 35.7 Å². The number of hydrogen-bond acceptors (Lipinski definition) is 8. The van der Waals surface area contributed by atoms with Gasteiger partial charge >= 0.3 is 12.1 Å². The van der Waals surface area contributed by atoms with Crippen LogP contribution in [-0.4, -0.2) is 59.1 Å². The fraction of sp³-hybridized carbons (Fsp3) is 0.538. The maximum atomic E-state index is 15.2. The van der Waals surface area contributed by atoms with Gasteiger partial charge in [0, 0.05) is 6.07 Å². The number of methoxy groups -OCH3 is 1. The highest BCUT2D eigenvalue weighted by molar-refractivity contribution is 6.19. The summed E-state index contributed by atoms with van der Waals surface area (Å²) in [5, 5.41) is 2.98. The van der Waals surface area contributed by atoms with Crippen molar-refractivity contribution in [3.05, 3.63) is 35.8 Å². The molecule has 2 saturated heterocycles. The van der Waals surface area contributed by atoms with Crippen LogP contribution in [0.1, 0.15) is 58.9 Å². The van der Waals surface area contributed by atoms with Gasteiger partial charge in [-0.3, -0.25) is 4.98 Å². The number of pyridine rings is 2. The molecule has 3 fully saturated rings. The van der Waals surface area contributed by atoms with Gasteiger partial charge in [-0.1, -0.05) is 0 Å². The quantitative estimate of drug-likeness (QED) is 0.460. The zero-order valence-electron chi connectivity index (χ0n) is 21.3. The van der Waals surface area contributed by atoms with E-state index in [0.717, 1.165) is 6.20 Å². The topological polar surface area (TPSA) is 109 Å². The van der Waals surface area contributed by atoms with Crippen molar-refractivity contribution in [2.24, 2.45) is 0 Å². The van der Waals surface area contributed by atoms with Gasteiger partial charge in [-0.2, -0.15) is 0 Å². The molecular formula is C26H32FN3O6. The van der Waals surface area contributed by atoms with Crippen molar-refractivity contribution in [1.82, 2.24) is 15.3 Å². The molecule has 36 heavy (non-hydrogen) atoms. The number of halogens is 1. The summed E-state index contributed by atoms with van der Waals surface area (Å²) in [6, 6.07) is 3.27. The van der Waals surface area contributed by atoms with Crippen molar-refractivity contribution < 1.29 is 32.9 Å². The number of rotatable bonds is 6. The molecule has 1 saturated carbocycles. The molecule has 194 valence electrons. The Kier molecular flexibility index (Phi) is 6.92. The lowest BCUT2D eigenvalue weighted by Gasteiger charge is -2.52. The van der Waals surface area contributed by atoms with Crippen LogP contribution in [0.25, 0.3) is 16.6 Å². The van der Waals surface area contributed by atoms with Crippen LogP contribution in [0.5, 0.6) is 5.88 Å². The summed E-state index contributed by atoms with van der Waals surface area (Å²) in [7, 11) is 1.46. The summed E-state index contributed by atoms with van der Waals surface area (Å²) in [5.74, 6) is -1.12. The van der Waals surface area contributed by atoms with E-state index in [1.165, 1.54) is 7.11 Å². The second kappa shape index (κ2) is 9.65. The molecule has 1 N–H and O–H groups in total. The van der Waals surface area contributed by atoms with Crippen molar-refractivity contribution in [2.45, 2.75) is 70.1 Å². The van der Waals surface area contributed by atoms with Crippen LogP contribution in [0.4, 0.5) is 9.18 Å². The summed E-state index contributed by atoms with van der Waals surface area (Å²) in [5.41, 5.74) is -1.36. The van der Waals surface area contributed by atoms with Crippen molar-refractivity contribution in [3.63, 3.8) is 0 Å². The van der Waals surface area contributed by atoms with E-state index in [0.29, 0.717) is 31.2 Å². The lowest BCUT2D eigenvalue weighted by atomic mass is 9.70. The Balaban J connectivity index is 1.69. The summed E-state index contributed by atoms with van der Waals surface area (Å²) in [6.07, 6.45) is 4.50. The van der Waals surface area contributed by atoms with Gasteiger partial charge in [0.2, 0.25) is 5.88 Å². The first-order valence-corrected chi connectivity index (χ1v) is 12.0. The van der Waals surface area contributed by atoms with Gasteiger partial charge in [-0.25, -0.2) is 19.0 Å². The molecule has 4 heterocycles. The zero-order chi connectivity index (χ0) is 26.1. The van der Waals surface area contributed by atoms with E-state index < -0.39 is 34.6 Å². The Morgan fingerprint density at radius 3 is 2.53 bits per heavy atom. The van der Waals surface area contributed by atoms with E-state index >= 15 is 4.39 Å². The van der Waals surface area contributed by atoms with Crippen LogP contribution in [0.2, 0.25) is 0 Å². The number of ether oxygens (including phenoxy) is 4. The Morgan fingerprint density at radius 1 is 1.22 bits per heavy atom. The highest BCUT2D eigenvalue weighted by Crippen LogP contribution is 2.46. The summed E-state index contributed by atoms with van der Waals surface area (Å²) >= 11 is 0. The largest absolute Gasteiger partial charge is 0.481 e. The summed E-state index contributed by atoms with van der Waals surface area (Å²) < 4.78 is 37.4. The molecule has 10 heteroatoms. The number of nitrogens with one attached hydrogen (secondary N) is 1. The molecule has 2 aliphatic heterocycles. The van der Waals surface area contributed by atoms with Gasteiger partial charge in [0.1, 0.15) is 11.1 Å². The second-order valence-corrected chi connectivity index (χ2v) is 10.2. The monoisotopic (exact) mass is 501 g/mol. The molecule has 9 nitrogen and oxygen atoms in total. The third-order valence-corrected chi connectivity index (χ3v) is 6.48. The highest BCUT2D eigenvalue weighted by atomic mass is 19.1. The number of nitrogens with zero attached hydrogens (tertiary/aromatic N) is 2. The SMILES string of the molecule is CCOC(=O)C(=CC12CCC(NC(=O)OC(C)(C)C)(CC1)CO2)c1c(F)cnc2ccc(OC)nc12. The molecule has 2 bridgehead atoms. The number of aromatic nitrogens is 2. The van der Waals surface area contributed by atoms with Crippen LogP contribution in [0.3, 0.4) is 0 Å². The molecule has 0 atom stereocenters. The molecule has 0 unspecified atom stereocenters. The average molecular weight is 502 g/mol. The minimum absolute atomic E-state index is 0.00962. The zero-order valence-corrected chi connectivity index (χ0v) is 21.3. The minimum atomic E-state index is -0.819. The Bertz CT molecular complexity index is 1180. The van der Waals surface area contributed by atoms with Crippen molar-refractivity contribution >= 4 is 28.7 Å². The van der Waals surface area contributed by atoms with E-state index in [1.807, 2.05) is 20.8 Å². The maximum absolute atomic E-state index is 15.2. The first-order valence-electron chi connectivity index (χ1n) is 12.0. The van der Waals surface area contributed by atoms with Crippen molar-refractivity contribution in [2.75, 3.05) is 20.3 Å². The predicted molar refractivity (Wildman–Crippen MR) is 130 cm³/mol. The fourth-order valence-corrected chi connectivity index (χ4v) is 4.69. The Labute approximate surface area is 209 Å². The van der Waals surface area contributed by atoms with Crippen molar-refractivity contribution in [3.8, 4) is 5.88 Å². The highest BCUT2D eigenvalue weighted by Gasteiger charge is 2.50. The third-order valence-electron chi connectivity index (χ3n) is 6.48. The molecular weight excluding hydrogens is 469 g/mol. The van der Waals surface area contributed by atoms with Crippen molar-refractivity contribution in [1.29, 1.82) is 0 Å². The van der Waals surface area contributed by atoms with Crippen LogP contribution >= 0.6 is 0 Å². The summed E-state index contributed by atoms with van der Waals surface area (Å²) in [6.45, 7) is 7.47. The maximum Gasteiger partial charge on any atom is 0.408 e. The van der Waals surface area contributed by atoms with Gasteiger partial charge in [-0.05, 0) is 65.5 Å². The van der Waals surface area contributed by atoms with Crippen LogP contribution < -0.4 is 10.1 Å². The van der Waals surface area contributed by atoms with Gasteiger partial charge < -0.3 is 24.3 Å². The van der Waals surface area contributed by atoms with Crippen LogP contribution in [-0.2, 0) is 19.0 Å². The van der Waals surface area contributed by atoms with E-state index in [4.69, 9.17) is 18.9 Å². The number of fused-ring (bicyclic) bond motifs is 4. The van der Waals surface area contributed by atoms with E-state index in [2.05, 4.69) is 15.3 Å². The first kappa shape index (κ1) is 25.8. The van der Waals surface area contributed by atoms with E-state index in [1.54, 1.807) is 25.1 Å². The van der Waals surface area contributed by atoms with Crippen LogP contribution in [0.15, 0.2) is 24.4 Å². The van der Waals surface area contributed by atoms with Crippen LogP contribution in [0, 0.1) is 5.82 Å². The summed E-state index contributed by atoms with van der Waals surface area (Å²) in [4.78, 5) is 34.0. The molecule has 2 aromatic rings. The van der Waals surface area contributed by atoms with E-state index in [9.17, 15) is 9.59 Å². The average Bonchev–Trinajstić information content (AvgIpc) is 2.82. The molecule has 1 aliphatic carbocycles.